The maximum atomic E-state index is 11.3. The predicted molar refractivity (Wildman–Crippen MR) is 297 cm³/mol. The largest absolute Gasteiger partial charge is 0.477 e. The highest BCUT2D eigenvalue weighted by atomic mass is 35.5. The summed E-state index contributed by atoms with van der Waals surface area (Å²) in [5.41, 5.74) is 31.0. The van der Waals surface area contributed by atoms with Gasteiger partial charge in [0.25, 0.3) is 0 Å². The summed E-state index contributed by atoms with van der Waals surface area (Å²) in [6.45, 7) is 0. The van der Waals surface area contributed by atoms with Gasteiger partial charge < -0.3 is 33.1 Å². The van der Waals surface area contributed by atoms with Crippen molar-refractivity contribution in [2.24, 2.45) is 56.8 Å². The molecule has 76 heavy (non-hydrogen) atoms. The molecule has 6 aliphatic carbocycles. The first-order chi connectivity index (χ1) is 36.7. The van der Waals surface area contributed by atoms with Crippen LogP contribution in [0.5, 0.6) is 0 Å². The van der Waals surface area contributed by atoms with E-state index in [1.165, 1.54) is 77.0 Å². The summed E-state index contributed by atoms with van der Waals surface area (Å²) in [6.07, 6.45) is 22.6. The zero-order valence-electron chi connectivity index (χ0n) is 43.0. The Morgan fingerprint density at radius 1 is 0.513 bits per heavy atom. The summed E-state index contributed by atoms with van der Waals surface area (Å²) in [5, 5.41) is 52.1. The van der Waals surface area contributed by atoms with Crippen LogP contribution in [0.2, 0.25) is 10.0 Å². The molecule has 8 aliphatic rings. The molecule has 400 valence electrons. The third-order valence-electron chi connectivity index (χ3n) is 17.0. The standard InChI is InChI=1S/2C23H21ClN4O2.2C6H14N2/c2*24-18-11-15(6-5-14(18)12-25)28-22(13-3-1-2-4-13)17-8-9-19-16(21(17)27-28)7-10-20(26-19)23(29)30;2*7-5-3-1-2-4-6(5)8/h2*5-7,10-11,13,17,22H,1-4,8-9H2,(H,29,30);2*5-6H,1-4,7-8H2/t17-,22-;;2*5-,6-/m0.11/s1. The maximum Gasteiger partial charge on any atom is 0.354 e. The van der Waals surface area contributed by atoms with Gasteiger partial charge in [-0.2, -0.15) is 20.7 Å². The molecule has 2 aromatic carbocycles. The van der Waals surface area contributed by atoms with E-state index in [2.05, 4.69) is 32.1 Å². The maximum absolute atomic E-state index is 11.3. The number of nitrogens with two attached hydrogens (primary N) is 4. The number of hydrogen-bond acceptors (Lipinski definition) is 14. The summed E-state index contributed by atoms with van der Waals surface area (Å²) in [7, 11) is 0. The average molecular weight is 1070 g/mol. The quantitative estimate of drug-likeness (QED) is 0.105. The Balaban J connectivity index is 0.000000144. The molecule has 0 saturated heterocycles. The number of hydrazone groups is 2. The smallest absolute Gasteiger partial charge is 0.354 e. The van der Waals surface area contributed by atoms with Crippen LogP contribution >= 0.6 is 23.2 Å². The Morgan fingerprint density at radius 3 is 1.16 bits per heavy atom. The molecule has 0 radical (unpaired) electrons. The van der Waals surface area contributed by atoms with Crippen molar-refractivity contribution in [3.63, 3.8) is 0 Å². The summed E-state index contributed by atoms with van der Waals surface area (Å²) >= 11 is 12.7. The number of aryl methyl sites for hydroxylation is 2. The molecule has 2 aliphatic heterocycles. The van der Waals surface area contributed by atoms with E-state index in [4.69, 9.17) is 56.3 Å². The minimum atomic E-state index is -1.01. The van der Waals surface area contributed by atoms with E-state index in [0.717, 1.165) is 96.7 Å². The fourth-order valence-corrected chi connectivity index (χ4v) is 13.4. The third kappa shape index (κ3) is 11.9. The van der Waals surface area contributed by atoms with Crippen molar-refractivity contribution < 1.29 is 19.8 Å². The average Bonchev–Trinajstić information content (AvgIpc) is 4.28. The second-order valence-corrected chi connectivity index (χ2v) is 22.6. The lowest BCUT2D eigenvalue weighted by Gasteiger charge is -2.34. The number of carbonyl (C=O) groups is 2. The Hall–Kier alpha value is -5.98. The van der Waals surface area contributed by atoms with Crippen LogP contribution in [-0.2, 0) is 12.8 Å². The van der Waals surface area contributed by atoms with Crippen molar-refractivity contribution in [1.29, 1.82) is 10.5 Å². The van der Waals surface area contributed by atoms with Crippen LogP contribution in [0.4, 0.5) is 11.4 Å². The van der Waals surface area contributed by atoms with Crippen molar-refractivity contribution in [3.8, 4) is 12.1 Å². The molecule has 4 fully saturated rings. The molecular formula is C58H70Cl2N12O4. The van der Waals surface area contributed by atoms with Gasteiger partial charge in [-0.15, -0.1) is 0 Å². The van der Waals surface area contributed by atoms with Crippen LogP contribution in [0, 0.1) is 46.3 Å². The van der Waals surface area contributed by atoms with Crippen LogP contribution in [0.3, 0.4) is 0 Å². The fraction of sp³-hybridized carbons (Fsp3) is 0.517. The second kappa shape index (κ2) is 24.6. The molecule has 12 rings (SSSR count). The summed E-state index contributed by atoms with van der Waals surface area (Å²) in [5.74, 6) is -0.339. The summed E-state index contributed by atoms with van der Waals surface area (Å²) < 4.78 is 0. The number of benzene rings is 2. The number of aromatic carboxylic acids is 2. The number of carboxylic acid groups (broad SMARTS) is 2. The molecule has 2 unspecified atom stereocenters. The van der Waals surface area contributed by atoms with Crippen LogP contribution in [0.15, 0.2) is 70.9 Å². The number of rotatable bonds is 6. The van der Waals surface area contributed by atoms with Gasteiger partial charge in [0.2, 0.25) is 0 Å². The first-order valence-electron chi connectivity index (χ1n) is 27.4. The number of fused-ring (bicyclic) bond motifs is 6. The minimum absolute atomic E-state index is 0.0777. The van der Waals surface area contributed by atoms with Gasteiger partial charge in [0.05, 0.1) is 67.4 Å². The zero-order chi connectivity index (χ0) is 53.6. The zero-order valence-corrected chi connectivity index (χ0v) is 44.6. The highest BCUT2D eigenvalue weighted by Crippen LogP contribution is 2.47. The normalized spacial score (nSPS) is 26.5. The Kier molecular flexibility index (Phi) is 17.7. The highest BCUT2D eigenvalue weighted by molar-refractivity contribution is 6.32. The van der Waals surface area contributed by atoms with Gasteiger partial charge in [0.15, 0.2) is 0 Å². The lowest BCUT2D eigenvalue weighted by atomic mass is 9.76. The van der Waals surface area contributed by atoms with Crippen LogP contribution < -0.4 is 33.0 Å². The van der Waals surface area contributed by atoms with E-state index in [1.807, 2.05) is 36.4 Å². The number of nitrogens with zero attached hydrogens (tertiary/aromatic N) is 8. The number of aromatic nitrogens is 2. The van der Waals surface area contributed by atoms with Crippen LogP contribution in [0.1, 0.15) is 170 Å². The number of pyridine rings is 2. The monoisotopic (exact) mass is 1070 g/mol. The molecule has 4 aromatic rings. The van der Waals surface area contributed by atoms with Gasteiger partial charge in [-0.3, -0.25) is 10.0 Å². The third-order valence-corrected chi connectivity index (χ3v) is 17.7. The number of halogens is 2. The van der Waals surface area contributed by atoms with Gasteiger partial charge in [-0.25, -0.2) is 19.6 Å². The molecule has 4 saturated carbocycles. The van der Waals surface area contributed by atoms with Crippen molar-refractivity contribution in [3.05, 3.63) is 116 Å². The minimum Gasteiger partial charge on any atom is -0.477 e. The van der Waals surface area contributed by atoms with Crippen LogP contribution in [-0.4, -0.2) is 79.8 Å². The highest BCUT2D eigenvalue weighted by Gasteiger charge is 2.47. The second-order valence-electron chi connectivity index (χ2n) is 21.8. The van der Waals surface area contributed by atoms with E-state index < -0.39 is 11.9 Å². The van der Waals surface area contributed by atoms with Gasteiger partial charge in [-0.1, -0.05) is 74.6 Å². The van der Waals surface area contributed by atoms with Gasteiger partial charge in [0, 0.05) is 47.1 Å². The molecule has 18 heteroatoms. The fourth-order valence-electron chi connectivity index (χ4n) is 12.9. The van der Waals surface area contributed by atoms with Crippen LogP contribution in [0.25, 0.3) is 0 Å². The molecule has 16 nitrogen and oxygen atoms in total. The number of nitriles is 2. The lowest BCUT2D eigenvalue weighted by molar-refractivity contribution is 0.0679. The van der Waals surface area contributed by atoms with Gasteiger partial charge in [-0.05, 0) is 150 Å². The topological polar surface area (TPSA) is 283 Å². The van der Waals surface area contributed by atoms with Gasteiger partial charge >= 0.3 is 11.9 Å². The molecule has 0 amide bonds. The van der Waals surface area contributed by atoms with Crippen molar-refractivity contribution >= 4 is 57.9 Å². The number of hydrogen-bond donors (Lipinski definition) is 6. The molecular weight excluding hydrogens is 1000 g/mol. The first kappa shape index (κ1) is 54.8. The SMILES string of the molecule is N#Cc1ccc(N2N=C3c4ccc(C(=O)O)nc4CCC3C2C2CCCC2)cc1Cl.N#Cc1ccc(N2N=C3c4ccc(C(=O)O)nc4CC[C@@H]3[C@@H]2C2CCCC2)cc1Cl.N[C@@H]1CCCC[C@H]1N.N[C@@H]1CCCC[C@H]1N. The molecule has 8 atom stereocenters. The van der Waals surface area contributed by atoms with Gasteiger partial charge in [0.1, 0.15) is 23.5 Å². The molecule has 0 bridgehead atoms. The lowest BCUT2D eigenvalue weighted by Crippen LogP contribution is -2.43. The first-order valence-corrected chi connectivity index (χ1v) is 28.1. The number of carboxylic acids is 2. The summed E-state index contributed by atoms with van der Waals surface area (Å²) in [6, 6.07) is 23.7. The summed E-state index contributed by atoms with van der Waals surface area (Å²) in [4.78, 5) is 31.4. The Morgan fingerprint density at radius 2 is 0.855 bits per heavy atom. The van der Waals surface area contributed by atoms with Crippen molar-refractivity contribution in [2.45, 2.75) is 165 Å². The molecule has 0 spiro atoms. The predicted octanol–water partition coefficient (Wildman–Crippen LogP) is 9.73. The van der Waals surface area contributed by atoms with E-state index in [1.54, 1.807) is 24.3 Å². The van der Waals surface area contributed by atoms with E-state index in [0.29, 0.717) is 33.0 Å². The Labute approximate surface area is 455 Å². The van der Waals surface area contributed by atoms with E-state index >= 15 is 0 Å². The molecule has 2 aromatic heterocycles. The molecule has 10 N–H and O–H groups in total. The number of anilines is 2. The van der Waals surface area contributed by atoms with Crippen molar-refractivity contribution in [2.75, 3.05) is 10.0 Å². The van der Waals surface area contributed by atoms with E-state index in [9.17, 15) is 30.3 Å². The van der Waals surface area contributed by atoms with E-state index in [-0.39, 0.29) is 59.5 Å². The molecule has 4 heterocycles. The Bertz CT molecular complexity index is 2710. The van der Waals surface area contributed by atoms with Crippen molar-refractivity contribution in [1.82, 2.24) is 9.97 Å².